The van der Waals surface area contributed by atoms with Gasteiger partial charge in [-0.2, -0.15) is 0 Å². The SMILES string of the molecule is OC[C@H]1OC(c2ccc(Cl)c(Cc3ccc(O[C@H]4CCOC4)cc3)c2)C(O)[C@@H](O)[C@@H]1O. The van der Waals surface area contributed by atoms with Gasteiger partial charge >= 0.3 is 0 Å². The summed E-state index contributed by atoms with van der Waals surface area (Å²) in [7, 11) is 0. The molecule has 168 valence electrons. The summed E-state index contributed by atoms with van der Waals surface area (Å²) in [5, 5.41) is 40.5. The quantitative estimate of drug-likeness (QED) is 0.529. The zero-order valence-electron chi connectivity index (χ0n) is 16.9. The summed E-state index contributed by atoms with van der Waals surface area (Å²) in [6.07, 6.45) is -4.46. The van der Waals surface area contributed by atoms with Crippen molar-refractivity contribution in [3.63, 3.8) is 0 Å². The van der Waals surface area contributed by atoms with Crippen LogP contribution < -0.4 is 4.74 Å². The van der Waals surface area contributed by atoms with Crippen LogP contribution in [-0.4, -0.2) is 70.8 Å². The van der Waals surface area contributed by atoms with Crippen LogP contribution in [0, 0.1) is 0 Å². The van der Waals surface area contributed by atoms with Crippen molar-refractivity contribution >= 4 is 11.6 Å². The van der Waals surface area contributed by atoms with Gasteiger partial charge in [0.2, 0.25) is 0 Å². The smallest absolute Gasteiger partial charge is 0.124 e. The molecular weight excluding hydrogens is 424 g/mol. The average molecular weight is 451 g/mol. The Labute approximate surface area is 185 Å². The number of ether oxygens (including phenoxy) is 3. The number of halogens is 1. The molecule has 2 heterocycles. The molecule has 4 rings (SSSR count). The molecule has 0 spiro atoms. The summed E-state index contributed by atoms with van der Waals surface area (Å²) >= 11 is 6.40. The van der Waals surface area contributed by atoms with E-state index < -0.39 is 37.1 Å². The highest BCUT2D eigenvalue weighted by Gasteiger charge is 2.44. The van der Waals surface area contributed by atoms with E-state index in [1.165, 1.54) is 0 Å². The predicted octanol–water partition coefficient (Wildman–Crippen LogP) is 1.61. The molecule has 0 radical (unpaired) electrons. The predicted molar refractivity (Wildman–Crippen MR) is 113 cm³/mol. The second kappa shape index (κ2) is 9.83. The van der Waals surface area contributed by atoms with Crippen molar-refractivity contribution in [2.45, 2.75) is 49.5 Å². The zero-order valence-corrected chi connectivity index (χ0v) is 17.7. The first-order valence-corrected chi connectivity index (χ1v) is 10.8. The third-order valence-electron chi connectivity index (χ3n) is 5.80. The standard InChI is InChI=1S/C23H27ClO7/c24-18-6-3-14(23-22(28)21(27)20(26)19(11-25)31-23)10-15(18)9-13-1-4-16(5-2-13)30-17-7-8-29-12-17/h1-6,10,17,19-23,25-28H,7-9,11-12H2/t17-,19+,20+,21-,22?,23?/m0/s1. The molecule has 2 unspecified atom stereocenters. The van der Waals surface area contributed by atoms with Gasteiger partial charge in [-0.3, -0.25) is 0 Å². The topological polar surface area (TPSA) is 109 Å². The summed E-state index contributed by atoms with van der Waals surface area (Å²) in [5.74, 6) is 0.792. The molecule has 6 atom stereocenters. The van der Waals surface area contributed by atoms with Gasteiger partial charge in [0.05, 0.1) is 19.8 Å². The van der Waals surface area contributed by atoms with E-state index in [1.807, 2.05) is 30.3 Å². The van der Waals surface area contributed by atoms with E-state index in [9.17, 15) is 20.4 Å². The molecule has 2 aromatic carbocycles. The second-order valence-electron chi connectivity index (χ2n) is 8.02. The highest BCUT2D eigenvalue weighted by Crippen LogP contribution is 2.34. The molecule has 0 amide bonds. The van der Waals surface area contributed by atoms with Crippen molar-refractivity contribution in [3.05, 3.63) is 64.2 Å². The van der Waals surface area contributed by atoms with Crippen molar-refractivity contribution in [3.8, 4) is 5.75 Å². The lowest BCUT2D eigenvalue weighted by atomic mass is 9.90. The molecule has 2 aromatic rings. The minimum absolute atomic E-state index is 0.0931. The highest BCUT2D eigenvalue weighted by atomic mass is 35.5. The van der Waals surface area contributed by atoms with Crippen molar-refractivity contribution in [2.24, 2.45) is 0 Å². The van der Waals surface area contributed by atoms with Gasteiger partial charge in [0, 0.05) is 11.4 Å². The Kier molecular flexibility index (Phi) is 7.13. The largest absolute Gasteiger partial charge is 0.488 e. The molecule has 0 bridgehead atoms. The Bertz CT molecular complexity index is 867. The summed E-state index contributed by atoms with van der Waals surface area (Å²) < 4.78 is 16.9. The van der Waals surface area contributed by atoms with Crippen LogP contribution in [0.1, 0.15) is 29.2 Å². The van der Waals surface area contributed by atoms with Gasteiger partial charge in [-0.25, -0.2) is 0 Å². The van der Waals surface area contributed by atoms with Crippen LogP contribution >= 0.6 is 11.6 Å². The molecule has 0 aliphatic carbocycles. The van der Waals surface area contributed by atoms with Gasteiger partial charge in [-0.05, 0) is 41.3 Å². The van der Waals surface area contributed by atoms with E-state index in [0.29, 0.717) is 23.6 Å². The van der Waals surface area contributed by atoms with Crippen molar-refractivity contribution < 1.29 is 34.6 Å². The number of rotatable bonds is 6. The fraction of sp³-hybridized carbons (Fsp3) is 0.478. The Hall–Kier alpha value is -1.71. The van der Waals surface area contributed by atoms with Crippen LogP contribution in [0.15, 0.2) is 42.5 Å². The minimum Gasteiger partial charge on any atom is -0.488 e. The number of hydrogen-bond acceptors (Lipinski definition) is 7. The van der Waals surface area contributed by atoms with Crippen molar-refractivity contribution in [1.29, 1.82) is 0 Å². The number of benzene rings is 2. The maximum absolute atomic E-state index is 10.4. The van der Waals surface area contributed by atoms with E-state index in [2.05, 4.69) is 0 Å². The fourth-order valence-corrected chi connectivity index (χ4v) is 4.17. The molecule has 31 heavy (non-hydrogen) atoms. The lowest BCUT2D eigenvalue weighted by Crippen LogP contribution is -2.55. The zero-order chi connectivity index (χ0) is 22.0. The molecule has 0 aromatic heterocycles. The Balaban J connectivity index is 1.49. The molecule has 2 aliphatic heterocycles. The Morgan fingerprint density at radius 3 is 2.45 bits per heavy atom. The third-order valence-corrected chi connectivity index (χ3v) is 6.17. The molecule has 2 fully saturated rings. The van der Waals surface area contributed by atoms with E-state index in [4.69, 9.17) is 25.8 Å². The molecule has 7 nitrogen and oxygen atoms in total. The van der Waals surface area contributed by atoms with Gasteiger partial charge in [0.1, 0.15) is 42.4 Å². The van der Waals surface area contributed by atoms with Gasteiger partial charge in [-0.1, -0.05) is 35.9 Å². The highest BCUT2D eigenvalue weighted by molar-refractivity contribution is 6.31. The van der Waals surface area contributed by atoms with Crippen LogP contribution in [0.25, 0.3) is 0 Å². The Morgan fingerprint density at radius 2 is 1.77 bits per heavy atom. The van der Waals surface area contributed by atoms with Gasteiger partial charge in [-0.15, -0.1) is 0 Å². The molecular formula is C23H27ClO7. The molecule has 8 heteroatoms. The summed E-state index contributed by atoms with van der Waals surface area (Å²) in [6, 6.07) is 13.0. The number of aliphatic hydroxyl groups is 4. The molecule has 0 saturated carbocycles. The lowest BCUT2D eigenvalue weighted by Gasteiger charge is -2.40. The van der Waals surface area contributed by atoms with Crippen LogP contribution in [0.3, 0.4) is 0 Å². The van der Waals surface area contributed by atoms with Crippen LogP contribution in [0.5, 0.6) is 5.75 Å². The van der Waals surface area contributed by atoms with E-state index >= 15 is 0 Å². The Morgan fingerprint density at radius 1 is 1.00 bits per heavy atom. The number of aliphatic hydroxyl groups excluding tert-OH is 4. The van der Waals surface area contributed by atoms with E-state index in [0.717, 1.165) is 29.9 Å². The first-order valence-electron chi connectivity index (χ1n) is 10.4. The van der Waals surface area contributed by atoms with Crippen LogP contribution in [-0.2, 0) is 15.9 Å². The van der Waals surface area contributed by atoms with Gasteiger partial charge < -0.3 is 34.6 Å². The van der Waals surface area contributed by atoms with Crippen LogP contribution in [0.2, 0.25) is 5.02 Å². The van der Waals surface area contributed by atoms with Gasteiger partial charge in [0.25, 0.3) is 0 Å². The molecule has 2 aliphatic rings. The average Bonchev–Trinajstić information content (AvgIpc) is 3.28. The third kappa shape index (κ3) is 5.04. The maximum Gasteiger partial charge on any atom is 0.124 e. The van der Waals surface area contributed by atoms with Crippen molar-refractivity contribution in [1.82, 2.24) is 0 Å². The van der Waals surface area contributed by atoms with E-state index in [1.54, 1.807) is 12.1 Å². The second-order valence-corrected chi connectivity index (χ2v) is 8.43. The minimum atomic E-state index is -1.42. The fourth-order valence-electron chi connectivity index (χ4n) is 3.99. The summed E-state index contributed by atoms with van der Waals surface area (Å²) in [6.45, 7) is 0.872. The summed E-state index contributed by atoms with van der Waals surface area (Å²) in [4.78, 5) is 0. The lowest BCUT2D eigenvalue weighted by molar-refractivity contribution is -0.231. The molecule has 4 N–H and O–H groups in total. The number of hydrogen-bond donors (Lipinski definition) is 4. The first-order chi connectivity index (χ1) is 15.0. The van der Waals surface area contributed by atoms with E-state index in [-0.39, 0.29) is 6.10 Å². The normalized spacial score (nSPS) is 31.0. The molecule has 2 saturated heterocycles. The maximum atomic E-state index is 10.4. The van der Waals surface area contributed by atoms with Crippen molar-refractivity contribution in [2.75, 3.05) is 19.8 Å². The first kappa shape index (κ1) is 22.5. The van der Waals surface area contributed by atoms with Gasteiger partial charge in [0.15, 0.2) is 0 Å². The summed E-state index contributed by atoms with van der Waals surface area (Å²) in [5.41, 5.74) is 2.47. The van der Waals surface area contributed by atoms with Crippen LogP contribution in [0.4, 0.5) is 0 Å². The monoisotopic (exact) mass is 450 g/mol.